The van der Waals surface area contributed by atoms with Crippen molar-refractivity contribution >= 4 is 34.9 Å². The Morgan fingerprint density at radius 3 is 2.62 bits per heavy atom. The number of nitro groups is 1. The number of methoxy groups -OCH3 is 1. The Balaban J connectivity index is 2.01. The number of hydrogen-bond donors (Lipinski definition) is 1. The van der Waals surface area contributed by atoms with E-state index in [1.165, 1.54) is 19.2 Å². The highest BCUT2D eigenvalue weighted by molar-refractivity contribution is 6.32. The number of benzene rings is 2. The van der Waals surface area contributed by atoms with Crippen molar-refractivity contribution in [3.63, 3.8) is 0 Å². The summed E-state index contributed by atoms with van der Waals surface area (Å²) in [6.45, 7) is 1.29. The molecule has 0 aliphatic heterocycles. The molecule has 0 heterocycles. The van der Waals surface area contributed by atoms with Crippen LogP contribution in [0.2, 0.25) is 5.02 Å². The maximum atomic E-state index is 12.0. The third kappa shape index (κ3) is 4.70. The number of carbonyl (C=O) groups excluding carboxylic acids is 2. The van der Waals surface area contributed by atoms with E-state index in [-0.39, 0.29) is 10.6 Å². The minimum Gasteiger partial charge on any atom is -0.495 e. The number of anilines is 1. The first-order chi connectivity index (χ1) is 12.3. The molecule has 0 spiro atoms. The summed E-state index contributed by atoms with van der Waals surface area (Å²) in [6, 6.07) is 8.71. The normalized spacial score (nSPS) is 10.1. The van der Waals surface area contributed by atoms with Gasteiger partial charge in [0.25, 0.3) is 11.6 Å². The van der Waals surface area contributed by atoms with E-state index < -0.39 is 29.1 Å². The first kappa shape index (κ1) is 19.2. The number of carbonyl (C=O) groups is 2. The number of aryl methyl sites for hydroxylation is 1. The highest BCUT2D eigenvalue weighted by Crippen LogP contribution is 2.26. The molecule has 26 heavy (non-hydrogen) atoms. The van der Waals surface area contributed by atoms with Gasteiger partial charge in [-0.15, -0.1) is 0 Å². The molecule has 2 aromatic carbocycles. The molecule has 0 saturated carbocycles. The molecule has 0 fully saturated rings. The van der Waals surface area contributed by atoms with Gasteiger partial charge in [-0.05, 0) is 36.8 Å². The van der Waals surface area contributed by atoms with Crippen LogP contribution in [0.1, 0.15) is 15.9 Å². The van der Waals surface area contributed by atoms with E-state index in [2.05, 4.69) is 5.32 Å². The Morgan fingerprint density at radius 2 is 1.96 bits per heavy atom. The minimum absolute atomic E-state index is 0.0814. The Bertz CT molecular complexity index is 868. The van der Waals surface area contributed by atoms with Crippen LogP contribution in [0.25, 0.3) is 0 Å². The average molecular weight is 379 g/mol. The monoisotopic (exact) mass is 378 g/mol. The van der Waals surface area contributed by atoms with Crippen molar-refractivity contribution in [3.05, 3.63) is 62.7 Å². The largest absolute Gasteiger partial charge is 0.495 e. The number of nitrogens with one attached hydrogen (secondary N) is 1. The van der Waals surface area contributed by atoms with Gasteiger partial charge in [0.2, 0.25) is 0 Å². The molecule has 2 aromatic rings. The number of ether oxygens (including phenoxy) is 2. The molecule has 2 rings (SSSR count). The third-order valence-corrected chi connectivity index (χ3v) is 3.66. The second-order valence-electron chi connectivity index (χ2n) is 5.25. The number of nitrogens with zero attached hydrogens (tertiary/aromatic N) is 1. The van der Waals surface area contributed by atoms with E-state index in [0.717, 1.165) is 11.6 Å². The molecule has 1 amide bonds. The van der Waals surface area contributed by atoms with Crippen LogP contribution in [0.15, 0.2) is 36.4 Å². The summed E-state index contributed by atoms with van der Waals surface area (Å²) in [6.07, 6.45) is 0. The first-order valence-electron chi connectivity index (χ1n) is 7.37. The zero-order chi connectivity index (χ0) is 19.3. The highest BCUT2D eigenvalue weighted by atomic mass is 35.5. The Labute approximate surface area is 153 Å². The van der Waals surface area contributed by atoms with Crippen molar-refractivity contribution in [1.29, 1.82) is 0 Å². The van der Waals surface area contributed by atoms with Crippen molar-refractivity contribution in [3.8, 4) is 5.75 Å². The molecule has 0 bridgehead atoms. The summed E-state index contributed by atoms with van der Waals surface area (Å²) in [5, 5.41) is 13.3. The number of nitro benzene ring substituents is 1. The van der Waals surface area contributed by atoms with Crippen LogP contribution in [-0.2, 0) is 9.53 Å². The molecule has 9 heteroatoms. The lowest BCUT2D eigenvalue weighted by molar-refractivity contribution is -0.384. The van der Waals surface area contributed by atoms with Crippen LogP contribution < -0.4 is 10.1 Å². The predicted octanol–water partition coefficient (Wildman–Crippen LogP) is 3.36. The van der Waals surface area contributed by atoms with Crippen LogP contribution in [-0.4, -0.2) is 30.5 Å². The molecule has 0 aromatic heterocycles. The molecule has 0 unspecified atom stereocenters. The molecule has 0 radical (unpaired) electrons. The van der Waals surface area contributed by atoms with Gasteiger partial charge in [0.1, 0.15) is 10.8 Å². The number of halogens is 1. The Hall–Kier alpha value is -3.13. The first-order valence-corrected chi connectivity index (χ1v) is 7.75. The van der Waals surface area contributed by atoms with E-state index in [1.54, 1.807) is 12.1 Å². The van der Waals surface area contributed by atoms with E-state index >= 15 is 0 Å². The lowest BCUT2D eigenvalue weighted by Gasteiger charge is -2.11. The maximum absolute atomic E-state index is 12.0. The van der Waals surface area contributed by atoms with E-state index in [1.807, 2.05) is 13.0 Å². The van der Waals surface area contributed by atoms with Gasteiger partial charge >= 0.3 is 5.97 Å². The number of hydrogen-bond acceptors (Lipinski definition) is 6. The molecule has 0 aliphatic carbocycles. The van der Waals surface area contributed by atoms with E-state index in [9.17, 15) is 19.7 Å². The van der Waals surface area contributed by atoms with E-state index in [0.29, 0.717) is 11.4 Å². The number of rotatable bonds is 6. The van der Waals surface area contributed by atoms with Crippen LogP contribution in [0.5, 0.6) is 5.75 Å². The fourth-order valence-electron chi connectivity index (χ4n) is 2.10. The fourth-order valence-corrected chi connectivity index (χ4v) is 2.29. The van der Waals surface area contributed by atoms with Crippen molar-refractivity contribution < 1.29 is 24.0 Å². The van der Waals surface area contributed by atoms with Crippen LogP contribution >= 0.6 is 11.6 Å². The van der Waals surface area contributed by atoms with Gasteiger partial charge in [0.05, 0.1) is 23.3 Å². The summed E-state index contributed by atoms with van der Waals surface area (Å²) < 4.78 is 10.0. The highest BCUT2D eigenvalue weighted by Gasteiger charge is 2.18. The topological polar surface area (TPSA) is 108 Å². The molecule has 1 N–H and O–H groups in total. The van der Waals surface area contributed by atoms with Crippen molar-refractivity contribution in [2.24, 2.45) is 0 Å². The molecule has 0 atom stereocenters. The van der Waals surface area contributed by atoms with Gasteiger partial charge in [-0.3, -0.25) is 14.9 Å². The quantitative estimate of drug-likeness (QED) is 0.469. The van der Waals surface area contributed by atoms with Crippen molar-refractivity contribution in [2.45, 2.75) is 6.92 Å². The summed E-state index contributed by atoms with van der Waals surface area (Å²) in [5.41, 5.74) is 0.847. The fraction of sp³-hybridized carbons (Fsp3) is 0.176. The number of esters is 1. The van der Waals surface area contributed by atoms with Gasteiger partial charge in [-0.1, -0.05) is 17.7 Å². The van der Waals surface area contributed by atoms with Crippen molar-refractivity contribution in [1.82, 2.24) is 0 Å². The smallest absolute Gasteiger partial charge is 0.338 e. The predicted molar refractivity (Wildman–Crippen MR) is 94.7 cm³/mol. The summed E-state index contributed by atoms with van der Waals surface area (Å²) in [4.78, 5) is 34.1. The zero-order valence-electron chi connectivity index (χ0n) is 13.9. The zero-order valence-corrected chi connectivity index (χ0v) is 14.7. The minimum atomic E-state index is -0.879. The summed E-state index contributed by atoms with van der Waals surface area (Å²) >= 11 is 5.69. The number of amides is 1. The molecular weight excluding hydrogens is 364 g/mol. The van der Waals surface area contributed by atoms with Crippen LogP contribution in [0.3, 0.4) is 0 Å². The van der Waals surface area contributed by atoms with Crippen LogP contribution in [0.4, 0.5) is 11.4 Å². The third-order valence-electron chi connectivity index (χ3n) is 3.34. The molecule has 8 nitrogen and oxygen atoms in total. The van der Waals surface area contributed by atoms with Gasteiger partial charge in [0, 0.05) is 6.07 Å². The molecule has 0 saturated heterocycles. The molecular formula is C17H15ClN2O6. The molecule has 136 valence electrons. The molecule has 0 aliphatic rings. The van der Waals surface area contributed by atoms with E-state index in [4.69, 9.17) is 21.1 Å². The average Bonchev–Trinajstić information content (AvgIpc) is 2.60. The van der Waals surface area contributed by atoms with Gasteiger partial charge in [-0.2, -0.15) is 0 Å². The summed E-state index contributed by atoms with van der Waals surface area (Å²) in [7, 11) is 1.47. The van der Waals surface area contributed by atoms with Crippen molar-refractivity contribution in [2.75, 3.05) is 19.0 Å². The SMILES string of the molecule is COc1ccc(C)cc1NC(=O)COC(=O)c1ccc(Cl)c([N+](=O)[O-])c1. The Morgan fingerprint density at radius 1 is 1.23 bits per heavy atom. The lowest BCUT2D eigenvalue weighted by Crippen LogP contribution is -2.21. The standard InChI is InChI=1S/C17H15ClN2O6/c1-10-3-6-15(25-2)13(7-10)19-16(21)9-26-17(22)11-4-5-12(18)14(8-11)20(23)24/h3-8H,9H2,1-2H3,(H,19,21). The van der Waals surface area contributed by atoms with Gasteiger partial charge in [-0.25, -0.2) is 4.79 Å². The Kier molecular flexibility index (Phi) is 6.13. The maximum Gasteiger partial charge on any atom is 0.338 e. The second kappa shape index (κ2) is 8.30. The summed E-state index contributed by atoms with van der Waals surface area (Å²) in [5.74, 6) is -0.995. The second-order valence-corrected chi connectivity index (χ2v) is 5.66. The van der Waals surface area contributed by atoms with Gasteiger partial charge < -0.3 is 14.8 Å². The van der Waals surface area contributed by atoms with Gasteiger partial charge in [0.15, 0.2) is 6.61 Å². The van der Waals surface area contributed by atoms with Crippen LogP contribution in [0, 0.1) is 17.0 Å². The lowest BCUT2D eigenvalue weighted by atomic mass is 10.2.